The summed E-state index contributed by atoms with van der Waals surface area (Å²) in [7, 11) is 0. The van der Waals surface area contributed by atoms with Gasteiger partial charge >= 0.3 is 6.09 Å². The number of hydrogen-bond donors (Lipinski definition) is 0. The molecule has 0 unspecified atom stereocenters. The van der Waals surface area contributed by atoms with E-state index >= 15 is 0 Å². The fourth-order valence-corrected chi connectivity index (χ4v) is 3.40. The molecule has 2 aromatic carbocycles. The molecule has 0 aliphatic carbocycles. The van der Waals surface area contributed by atoms with Gasteiger partial charge in [0.2, 0.25) is 5.90 Å². The Balaban J connectivity index is 1.61. The van der Waals surface area contributed by atoms with Crippen LogP contribution < -0.4 is 4.90 Å². The summed E-state index contributed by atoms with van der Waals surface area (Å²) in [5.41, 5.74) is 2.42. The van der Waals surface area contributed by atoms with Crippen LogP contribution in [0.15, 0.2) is 53.5 Å². The van der Waals surface area contributed by atoms with Gasteiger partial charge in [-0.2, -0.15) is 0 Å². The minimum Gasteiger partial charge on any atom is -0.478 e. The Bertz CT molecular complexity index is 913. The van der Waals surface area contributed by atoms with Crippen molar-refractivity contribution in [3.63, 3.8) is 0 Å². The summed E-state index contributed by atoms with van der Waals surface area (Å²) in [4.78, 5) is 20.8. The van der Waals surface area contributed by atoms with Crippen molar-refractivity contribution in [3.8, 4) is 0 Å². The summed E-state index contributed by atoms with van der Waals surface area (Å²) >= 11 is 0. The van der Waals surface area contributed by atoms with E-state index in [0.717, 1.165) is 29.9 Å². The van der Waals surface area contributed by atoms with Crippen molar-refractivity contribution in [1.29, 1.82) is 0 Å². The average Bonchev–Trinajstić information content (AvgIpc) is 2.77. The number of hydrogen-bond acceptors (Lipinski definition) is 5. The molecule has 1 aliphatic heterocycles. The maximum atomic E-state index is 13.1. The van der Waals surface area contributed by atoms with Crippen molar-refractivity contribution in [1.82, 2.24) is 4.90 Å². The zero-order valence-corrected chi connectivity index (χ0v) is 19.3. The molecule has 1 heterocycles. The molecular weight excluding hydrogens is 409 g/mol. The van der Waals surface area contributed by atoms with Gasteiger partial charge in [-0.25, -0.2) is 14.2 Å². The lowest BCUT2D eigenvalue weighted by Gasteiger charge is -2.36. The smallest absolute Gasteiger partial charge is 0.410 e. The molecule has 1 aliphatic rings. The summed E-state index contributed by atoms with van der Waals surface area (Å²) in [5.74, 6) is 0.309. The Labute approximate surface area is 189 Å². The van der Waals surface area contributed by atoms with Gasteiger partial charge in [-0.1, -0.05) is 12.1 Å². The number of anilines is 1. The molecule has 7 heteroatoms. The second kappa shape index (κ2) is 10.5. The second-order valence-corrected chi connectivity index (χ2v) is 8.68. The SMILES string of the molecule is CCO/C(=N\Cc1ccc(F)cc1)c1ccc(N2CCN(C(=O)OC(C)(C)C)CC2)cc1. The minimum atomic E-state index is -0.486. The van der Waals surface area contributed by atoms with Gasteiger partial charge < -0.3 is 19.3 Å². The Morgan fingerprint density at radius 1 is 1.00 bits per heavy atom. The van der Waals surface area contributed by atoms with Gasteiger partial charge in [-0.3, -0.25) is 0 Å². The number of rotatable bonds is 5. The third-order valence-electron chi connectivity index (χ3n) is 5.01. The maximum absolute atomic E-state index is 13.1. The molecule has 1 fully saturated rings. The maximum Gasteiger partial charge on any atom is 0.410 e. The third kappa shape index (κ3) is 6.70. The van der Waals surface area contributed by atoms with Gasteiger partial charge in [0.25, 0.3) is 0 Å². The molecule has 6 nitrogen and oxygen atoms in total. The largest absolute Gasteiger partial charge is 0.478 e. The quantitative estimate of drug-likeness (QED) is 0.491. The molecule has 1 saturated heterocycles. The van der Waals surface area contributed by atoms with Crippen molar-refractivity contribution in [2.45, 2.75) is 39.8 Å². The molecule has 0 N–H and O–H groups in total. The van der Waals surface area contributed by atoms with Crippen LogP contribution in [-0.2, 0) is 16.0 Å². The van der Waals surface area contributed by atoms with E-state index in [1.165, 1.54) is 12.1 Å². The van der Waals surface area contributed by atoms with Crippen LogP contribution in [0.2, 0.25) is 0 Å². The van der Waals surface area contributed by atoms with Crippen molar-refractivity contribution < 1.29 is 18.7 Å². The normalized spacial score (nSPS) is 15.0. The Hall–Kier alpha value is -3.09. The highest BCUT2D eigenvalue weighted by atomic mass is 19.1. The molecular formula is C25H32FN3O3. The summed E-state index contributed by atoms with van der Waals surface area (Å²) < 4.78 is 24.3. The number of ether oxygens (including phenoxy) is 2. The minimum absolute atomic E-state index is 0.258. The third-order valence-corrected chi connectivity index (χ3v) is 5.01. The molecule has 1 amide bonds. The van der Waals surface area contributed by atoms with Crippen molar-refractivity contribution in [3.05, 3.63) is 65.5 Å². The molecule has 172 valence electrons. The van der Waals surface area contributed by atoms with E-state index in [1.54, 1.807) is 17.0 Å². The number of halogens is 1. The van der Waals surface area contributed by atoms with Gasteiger partial charge in [0.1, 0.15) is 11.4 Å². The highest BCUT2D eigenvalue weighted by Gasteiger charge is 2.26. The van der Waals surface area contributed by atoms with Crippen LogP contribution in [0.3, 0.4) is 0 Å². The lowest BCUT2D eigenvalue weighted by Crippen LogP contribution is -2.50. The van der Waals surface area contributed by atoms with Crippen LogP contribution in [0.5, 0.6) is 0 Å². The highest BCUT2D eigenvalue weighted by Crippen LogP contribution is 2.20. The van der Waals surface area contributed by atoms with E-state index < -0.39 is 5.60 Å². The second-order valence-electron chi connectivity index (χ2n) is 8.68. The number of benzene rings is 2. The predicted octanol–water partition coefficient (Wildman–Crippen LogP) is 4.87. The Morgan fingerprint density at radius 2 is 1.62 bits per heavy atom. The predicted molar refractivity (Wildman–Crippen MR) is 125 cm³/mol. The van der Waals surface area contributed by atoms with Crippen molar-refractivity contribution >= 4 is 17.7 Å². The van der Waals surface area contributed by atoms with E-state index in [4.69, 9.17) is 9.47 Å². The molecule has 0 bridgehead atoms. The molecule has 0 aromatic heterocycles. The van der Waals surface area contributed by atoms with Crippen LogP contribution in [0.1, 0.15) is 38.8 Å². The number of piperazine rings is 1. The number of carbonyl (C=O) groups excluding carboxylic acids is 1. The van der Waals surface area contributed by atoms with Crippen LogP contribution in [0.25, 0.3) is 0 Å². The van der Waals surface area contributed by atoms with E-state index in [0.29, 0.717) is 32.1 Å². The van der Waals surface area contributed by atoms with Crippen LogP contribution in [0, 0.1) is 5.82 Å². The fourth-order valence-electron chi connectivity index (χ4n) is 3.40. The standard InChI is InChI=1S/C25H32FN3O3/c1-5-31-23(27-18-19-6-10-21(26)11-7-19)20-8-12-22(13-9-20)28-14-16-29(17-15-28)24(30)32-25(2,3)4/h6-13H,5,14-18H2,1-4H3/b27-23-. The first-order valence-corrected chi connectivity index (χ1v) is 11.0. The van der Waals surface area contributed by atoms with Crippen LogP contribution in [0.4, 0.5) is 14.9 Å². The lowest BCUT2D eigenvalue weighted by molar-refractivity contribution is 0.0240. The van der Waals surface area contributed by atoms with Gasteiger partial charge in [0, 0.05) is 37.4 Å². The Kier molecular flexibility index (Phi) is 7.72. The first-order valence-electron chi connectivity index (χ1n) is 11.0. The van der Waals surface area contributed by atoms with Gasteiger partial charge in [-0.05, 0) is 69.7 Å². The molecule has 0 radical (unpaired) electrons. The van der Waals surface area contributed by atoms with Gasteiger partial charge in [0.05, 0.1) is 13.2 Å². The summed E-state index contributed by atoms with van der Waals surface area (Å²) in [6.45, 7) is 11.2. The number of nitrogens with zero attached hydrogens (tertiary/aromatic N) is 3. The van der Waals surface area contributed by atoms with E-state index in [9.17, 15) is 9.18 Å². The monoisotopic (exact) mass is 441 g/mol. The summed E-state index contributed by atoms with van der Waals surface area (Å²) in [6, 6.07) is 14.4. The molecule has 3 rings (SSSR count). The fraction of sp³-hybridized carbons (Fsp3) is 0.440. The van der Waals surface area contributed by atoms with Crippen LogP contribution in [-0.4, -0.2) is 55.3 Å². The molecule has 0 saturated carbocycles. The highest BCUT2D eigenvalue weighted by molar-refractivity contribution is 5.94. The molecule has 0 spiro atoms. The van der Waals surface area contributed by atoms with Crippen LogP contribution >= 0.6 is 0 Å². The van der Waals surface area contributed by atoms with E-state index in [1.807, 2.05) is 52.0 Å². The number of carbonyl (C=O) groups is 1. The zero-order chi connectivity index (χ0) is 23.1. The average molecular weight is 442 g/mol. The first-order chi connectivity index (χ1) is 15.2. The lowest BCUT2D eigenvalue weighted by atomic mass is 10.1. The molecule has 2 aromatic rings. The molecule has 0 atom stereocenters. The van der Waals surface area contributed by atoms with E-state index in [-0.39, 0.29) is 11.9 Å². The Morgan fingerprint density at radius 3 is 2.19 bits per heavy atom. The summed E-state index contributed by atoms with van der Waals surface area (Å²) in [5, 5.41) is 0. The topological polar surface area (TPSA) is 54.4 Å². The number of amides is 1. The van der Waals surface area contributed by atoms with Gasteiger partial charge in [-0.15, -0.1) is 0 Å². The van der Waals surface area contributed by atoms with Crippen molar-refractivity contribution in [2.75, 3.05) is 37.7 Å². The molecule has 32 heavy (non-hydrogen) atoms. The zero-order valence-electron chi connectivity index (χ0n) is 19.3. The number of aliphatic imine (C=N–C) groups is 1. The summed E-state index contributed by atoms with van der Waals surface area (Å²) in [6.07, 6.45) is -0.258. The van der Waals surface area contributed by atoms with Gasteiger partial charge in [0.15, 0.2) is 0 Å². The van der Waals surface area contributed by atoms with E-state index in [2.05, 4.69) is 9.89 Å². The first kappa shape index (κ1) is 23.6. The van der Waals surface area contributed by atoms with Crippen molar-refractivity contribution in [2.24, 2.45) is 4.99 Å².